The summed E-state index contributed by atoms with van der Waals surface area (Å²) in [4.78, 5) is 0. The molecular formula is C13H18FNO. The van der Waals surface area contributed by atoms with Crippen LogP contribution in [-0.2, 0) is 5.54 Å². The molecule has 0 spiro atoms. The number of aryl methyl sites for hydroxylation is 1. The summed E-state index contributed by atoms with van der Waals surface area (Å²) in [6.45, 7) is 4.86. The number of nitrogens with one attached hydrogen (secondary N) is 1. The van der Waals surface area contributed by atoms with Gasteiger partial charge in [-0.15, -0.1) is 0 Å². The van der Waals surface area contributed by atoms with Gasteiger partial charge in [-0.1, -0.05) is 0 Å². The van der Waals surface area contributed by atoms with Crippen molar-refractivity contribution >= 4 is 0 Å². The van der Waals surface area contributed by atoms with Crippen molar-refractivity contribution in [1.82, 2.24) is 5.32 Å². The molecule has 1 aliphatic rings. The summed E-state index contributed by atoms with van der Waals surface area (Å²) >= 11 is 0. The Morgan fingerprint density at radius 1 is 1.44 bits per heavy atom. The molecule has 1 aliphatic heterocycles. The highest BCUT2D eigenvalue weighted by atomic mass is 19.1. The molecule has 0 aliphatic carbocycles. The van der Waals surface area contributed by atoms with Crippen LogP contribution in [0.2, 0.25) is 0 Å². The van der Waals surface area contributed by atoms with E-state index in [-0.39, 0.29) is 11.4 Å². The van der Waals surface area contributed by atoms with Gasteiger partial charge in [0.05, 0.1) is 7.11 Å². The van der Waals surface area contributed by atoms with Crippen molar-refractivity contribution in [2.24, 2.45) is 0 Å². The number of ether oxygens (including phenoxy) is 1. The fraction of sp³-hybridized carbons (Fsp3) is 0.538. The summed E-state index contributed by atoms with van der Waals surface area (Å²) in [5, 5.41) is 3.37. The molecule has 0 amide bonds. The summed E-state index contributed by atoms with van der Waals surface area (Å²) in [6, 6.07) is 3.38. The van der Waals surface area contributed by atoms with Crippen LogP contribution in [0.5, 0.6) is 5.75 Å². The van der Waals surface area contributed by atoms with Crippen molar-refractivity contribution in [2.75, 3.05) is 13.7 Å². The van der Waals surface area contributed by atoms with Crippen molar-refractivity contribution in [3.63, 3.8) is 0 Å². The molecule has 3 heteroatoms. The first kappa shape index (κ1) is 11.4. The zero-order valence-electron chi connectivity index (χ0n) is 10.1. The Hall–Kier alpha value is -1.09. The minimum Gasteiger partial charge on any atom is -0.496 e. The molecule has 0 saturated carbocycles. The van der Waals surface area contributed by atoms with Crippen LogP contribution in [-0.4, -0.2) is 13.7 Å². The highest BCUT2D eigenvalue weighted by Crippen LogP contribution is 2.35. The largest absolute Gasteiger partial charge is 0.496 e. The van der Waals surface area contributed by atoms with Crippen LogP contribution < -0.4 is 10.1 Å². The standard InChI is InChI=1S/C13H18FNO/c1-9-7-11(14)10(8-12(9)16-3)13(2)5-4-6-15-13/h7-8,15H,4-6H2,1-3H3. The van der Waals surface area contributed by atoms with E-state index in [0.717, 1.165) is 30.7 Å². The van der Waals surface area contributed by atoms with Gasteiger partial charge in [0, 0.05) is 11.1 Å². The van der Waals surface area contributed by atoms with Crippen LogP contribution in [0.15, 0.2) is 12.1 Å². The highest BCUT2D eigenvalue weighted by Gasteiger charge is 2.33. The topological polar surface area (TPSA) is 21.3 Å². The van der Waals surface area contributed by atoms with Gasteiger partial charge in [-0.3, -0.25) is 0 Å². The van der Waals surface area contributed by atoms with E-state index < -0.39 is 0 Å². The van der Waals surface area contributed by atoms with Crippen molar-refractivity contribution in [3.8, 4) is 5.75 Å². The van der Waals surface area contributed by atoms with E-state index in [1.165, 1.54) is 0 Å². The molecule has 1 unspecified atom stereocenters. The van der Waals surface area contributed by atoms with E-state index in [0.29, 0.717) is 5.56 Å². The van der Waals surface area contributed by atoms with Crippen LogP contribution in [0.25, 0.3) is 0 Å². The summed E-state index contributed by atoms with van der Waals surface area (Å²) < 4.78 is 19.2. The highest BCUT2D eigenvalue weighted by molar-refractivity contribution is 5.40. The lowest BCUT2D eigenvalue weighted by Crippen LogP contribution is -2.34. The lowest BCUT2D eigenvalue weighted by atomic mass is 9.89. The Bertz CT molecular complexity index is 397. The third-order valence-electron chi connectivity index (χ3n) is 3.45. The zero-order valence-corrected chi connectivity index (χ0v) is 10.1. The van der Waals surface area contributed by atoms with Gasteiger partial charge in [-0.05, 0) is 50.9 Å². The second-order valence-electron chi connectivity index (χ2n) is 4.66. The third-order valence-corrected chi connectivity index (χ3v) is 3.45. The Balaban J connectivity index is 2.47. The molecule has 0 bridgehead atoms. The Kier molecular flexibility index (Phi) is 2.89. The summed E-state index contributed by atoms with van der Waals surface area (Å²) in [5.74, 6) is 0.613. The van der Waals surface area contributed by atoms with Crippen molar-refractivity contribution < 1.29 is 9.13 Å². The number of halogens is 1. The monoisotopic (exact) mass is 223 g/mol. The number of hydrogen-bond acceptors (Lipinski definition) is 2. The van der Waals surface area contributed by atoms with Gasteiger partial charge in [0.1, 0.15) is 11.6 Å². The van der Waals surface area contributed by atoms with Crippen LogP contribution in [0.3, 0.4) is 0 Å². The van der Waals surface area contributed by atoms with E-state index in [2.05, 4.69) is 5.32 Å². The minimum absolute atomic E-state index is 0.143. The van der Waals surface area contributed by atoms with Gasteiger partial charge >= 0.3 is 0 Å². The first-order valence-corrected chi connectivity index (χ1v) is 5.66. The van der Waals surface area contributed by atoms with E-state index in [1.807, 2.05) is 19.9 Å². The number of hydrogen-bond donors (Lipinski definition) is 1. The van der Waals surface area contributed by atoms with Gasteiger partial charge in [0.2, 0.25) is 0 Å². The predicted octanol–water partition coefficient (Wildman–Crippen LogP) is 2.74. The van der Waals surface area contributed by atoms with E-state index in [1.54, 1.807) is 13.2 Å². The maximum atomic E-state index is 14.0. The average molecular weight is 223 g/mol. The van der Waals surface area contributed by atoms with Crippen molar-refractivity contribution in [1.29, 1.82) is 0 Å². The van der Waals surface area contributed by atoms with E-state index in [4.69, 9.17) is 4.74 Å². The molecule has 1 saturated heterocycles. The molecule has 1 N–H and O–H groups in total. The van der Waals surface area contributed by atoms with Gasteiger partial charge in [0.15, 0.2) is 0 Å². The molecule has 1 aromatic carbocycles. The van der Waals surface area contributed by atoms with E-state index >= 15 is 0 Å². The molecule has 0 radical (unpaired) electrons. The van der Waals surface area contributed by atoms with Gasteiger partial charge < -0.3 is 10.1 Å². The molecule has 1 fully saturated rings. The third kappa shape index (κ3) is 1.80. The van der Waals surface area contributed by atoms with Crippen LogP contribution in [0.1, 0.15) is 30.9 Å². The van der Waals surface area contributed by atoms with Crippen molar-refractivity contribution in [2.45, 2.75) is 32.2 Å². The summed E-state index contributed by atoms with van der Waals surface area (Å²) in [6.07, 6.45) is 2.06. The molecule has 16 heavy (non-hydrogen) atoms. The zero-order chi connectivity index (χ0) is 11.8. The van der Waals surface area contributed by atoms with Gasteiger partial charge in [-0.2, -0.15) is 0 Å². The van der Waals surface area contributed by atoms with Crippen LogP contribution in [0, 0.1) is 12.7 Å². The van der Waals surface area contributed by atoms with Crippen LogP contribution >= 0.6 is 0 Å². The van der Waals surface area contributed by atoms with Crippen LogP contribution in [0.4, 0.5) is 4.39 Å². The van der Waals surface area contributed by atoms with Gasteiger partial charge in [-0.25, -0.2) is 4.39 Å². The fourth-order valence-electron chi connectivity index (χ4n) is 2.42. The average Bonchev–Trinajstić information content (AvgIpc) is 2.66. The fourth-order valence-corrected chi connectivity index (χ4v) is 2.42. The molecule has 2 nitrogen and oxygen atoms in total. The Morgan fingerprint density at radius 2 is 2.19 bits per heavy atom. The first-order chi connectivity index (χ1) is 7.57. The molecular weight excluding hydrogens is 205 g/mol. The molecule has 88 valence electrons. The SMILES string of the molecule is COc1cc(C2(C)CCCN2)c(F)cc1C. The van der Waals surface area contributed by atoms with E-state index in [9.17, 15) is 4.39 Å². The maximum absolute atomic E-state index is 14.0. The number of benzene rings is 1. The summed E-state index contributed by atoms with van der Waals surface area (Å²) in [7, 11) is 1.62. The molecule has 0 aromatic heterocycles. The quantitative estimate of drug-likeness (QED) is 0.832. The smallest absolute Gasteiger partial charge is 0.128 e. The lowest BCUT2D eigenvalue weighted by Gasteiger charge is -2.26. The molecule has 1 heterocycles. The molecule has 1 atom stereocenters. The maximum Gasteiger partial charge on any atom is 0.128 e. The van der Waals surface area contributed by atoms with Gasteiger partial charge in [0.25, 0.3) is 0 Å². The second-order valence-corrected chi connectivity index (χ2v) is 4.66. The summed E-state index contributed by atoms with van der Waals surface area (Å²) in [5.41, 5.74) is 1.31. The molecule has 1 aromatic rings. The first-order valence-electron chi connectivity index (χ1n) is 5.66. The second kappa shape index (κ2) is 4.06. The minimum atomic E-state index is -0.245. The van der Waals surface area contributed by atoms with Crippen molar-refractivity contribution in [3.05, 3.63) is 29.1 Å². The Labute approximate surface area is 95.8 Å². The predicted molar refractivity (Wildman–Crippen MR) is 62.3 cm³/mol. The normalized spacial score (nSPS) is 24.8. The number of rotatable bonds is 2. The lowest BCUT2D eigenvalue weighted by molar-refractivity contribution is 0.389. The number of methoxy groups -OCH3 is 1. The Morgan fingerprint density at radius 3 is 2.75 bits per heavy atom. The molecule has 2 rings (SSSR count).